The minimum atomic E-state index is -1.09. The van der Waals surface area contributed by atoms with Gasteiger partial charge in [-0.2, -0.15) is 0 Å². The molecule has 0 aliphatic carbocycles. The lowest BCUT2D eigenvalue weighted by Crippen LogP contribution is -2.37. The monoisotopic (exact) mass is 552 g/mol. The van der Waals surface area contributed by atoms with Gasteiger partial charge in [-0.15, -0.1) is 0 Å². The van der Waals surface area contributed by atoms with Crippen molar-refractivity contribution in [3.05, 3.63) is 0 Å². The Morgan fingerprint density at radius 3 is 1.05 bits per heavy atom. The topological polar surface area (TPSA) is 300 Å². The molecule has 16 heteroatoms. The maximum Gasteiger partial charge on any atom is 0.320 e. The van der Waals surface area contributed by atoms with Crippen LogP contribution in [0.2, 0.25) is 0 Å². The van der Waals surface area contributed by atoms with Crippen molar-refractivity contribution in [3.63, 3.8) is 0 Å². The van der Waals surface area contributed by atoms with Crippen LogP contribution in [0.25, 0.3) is 0 Å². The maximum absolute atomic E-state index is 10.8. The standard InChI is InChI=1S/2C11H20N2O6/c2*12-7(10(16)17)3-1-2-6-13-8(11(18)19)4-5-9(14)15/h2*7-8,13H,1-6,12H2,(H,14,15)(H,16,17)(H,18,19). The Bertz CT molecular complexity index is 703. The second-order valence-corrected chi connectivity index (χ2v) is 8.44. The van der Waals surface area contributed by atoms with Crippen LogP contribution in [0, 0.1) is 0 Å². The van der Waals surface area contributed by atoms with Crippen LogP contribution in [0.3, 0.4) is 0 Å². The third-order valence-corrected chi connectivity index (χ3v) is 5.19. The van der Waals surface area contributed by atoms with Crippen molar-refractivity contribution in [2.45, 2.75) is 88.4 Å². The summed E-state index contributed by atoms with van der Waals surface area (Å²) in [5.74, 6) is -6.39. The summed E-state index contributed by atoms with van der Waals surface area (Å²) in [6, 6.07) is -3.60. The van der Waals surface area contributed by atoms with Crippen molar-refractivity contribution in [2.24, 2.45) is 11.5 Å². The number of carboxylic acids is 6. The minimum Gasteiger partial charge on any atom is -0.481 e. The Morgan fingerprint density at radius 2 is 0.816 bits per heavy atom. The van der Waals surface area contributed by atoms with Crippen molar-refractivity contribution in [1.82, 2.24) is 10.6 Å². The molecule has 0 aliphatic heterocycles. The Labute approximate surface area is 219 Å². The summed E-state index contributed by atoms with van der Waals surface area (Å²) in [5.41, 5.74) is 10.6. The van der Waals surface area contributed by atoms with Gasteiger partial charge < -0.3 is 52.7 Å². The van der Waals surface area contributed by atoms with Gasteiger partial charge >= 0.3 is 35.8 Å². The van der Waals surface area contributed by atoms with Crippen molar-refractivity contribution in [3.8, 4) is 0 Å². The normalized spacial score (nSPS) is 13.7. The van der Waals surface area contributed by atoms with Gasteiger partial charge in [0.1, 0.15) is 24.2 Å². The Kier molecular flexibility index (Phi) is 21.0. The highest BCUT2D eigenvalue weighted by molar-refractivity contribution is 5.75. The first-order valence-corrected chi connectivity index (χ1v) is 12.0. The lowest BCUT2D eigenvalue weighted by Gasteiger charge is -2.13. The SMILES string of the molecule is NC(CCCCNC(CCC(=O)O)C(=O)O)C(=O)O.NC(CCCCNC(CCC(=O)O)C(=O)O)C(=O)O. The van der Waals surface area contributed by atoms with Gasteiger partial charge in [0.2, 0.25) is 0 Å². The molecule has 0 spiro atoms. The Morgan fingerprint density at radius 1 is 0.500 bits per heavy atom. The van der Waals surface area contributed by atoms with E-state index in [0.29, 0.717) is 51.6 Å². The largest absolute Gasteiger partial charge is 0.481 e. The predicted octanol–water partition coefficient (Wildman–Crippen LogP) is -1.05. The van der Waals surface area contributed by atoms with Gasteiger partial charge in [0.25, 0.3) is 0 Å². The van der Waals surface area contributed by atoms with E-state index < -0.39 is 60.0 Å². The summed E-state index contributed by atoms with van der Waals surface area (Å²) < 4.78 is 0. The summed E-state index contributed by atoms with van der Waals surface area (Å²) in [6.07, 6.45) is 2.53. The molecule has 12 N–H and O–H groups in total. The van der Waals surface area contributed by atoms with Crippen LogP contribution in [0.5, 0.6) is 0 Å². The quantitative estimate of drug-likeness (QED) is 0.0716. The van der Waals surface area contributed by atoms with Crippen LogP contribution in [0.15, 0.2) is 0 Å². The molecule has 220 valence electrons. The lowest BCUT2D eigenvalue weighted by atomic mass is 10.1. The van der Waals surface area contributed by atoms with E-state index in [1.54, 1.807) is 0 Å². The van der Waals surface area contributed by atoms with Crippen molar-refractivity contribution >= 4 is 35.8 Å². The smallest absolute Gasteiger partial charge is 0.320 e. The molecule has 0 radical (unpaired) electrons. The lowest BCUT2D eigenvalue weighted by molar-refractivity contribution is -0.142. The van der Waals surface area contributed by atoms with Gasteiger partial charge in [-0.25, -0.2) is 0 Å². The molecule has 0 aromatic rings. The van der Waals surface area contributed by atoms with Crippen LogP contribution in [-0.2, 0) is 28.8 Å². The molecule has 0 aliphatic rings. The van der Waals surface area contributed by atoms with Gasteiger partial charge in [0.05, 0.1) is 0 Å². The number of hydrogen-bond acceptors (Lipinski definition) is 10. The van der Waals surface area contributed by atoms with Gasteiger partial charge in [-0.1, -0.05) is 12.8 Å². The number of nitrogens with one attached hydrogen (secondary N) is 2. The second kappa shape index (κ2) is 21.7. The fourth-order valence-corrected chi connectivity index (χ4v) is 2.94. The van der Waals surface area contributed by atoms with Crippen LogP contribution in [-0.4, -0.2) is 104 Å². The summed E-state index contributed by atoms with van der Waals surface area (Å²) in [7, 11) is 0. The summed E-state index contributed by atoms with van der Waals surface area (Å²) in [4.78, 5) is 63.2. The zero-order chi connectivity index (χ0) is 29.7. The fraction of sp³-hybridized carbons (Fsp3) is 0.727. The molecular formula is C22H40N4O12. The van der Waals surface area contributed by atoms with Crippen molar-refractivity contribution < 1.29 is 59.4 Å². The van der Waals surface area contributed by atoms with E-state index in [9.17, 15) is 28.8 Å². The highest BCUT2D eigenvalue weighted by Crippen LogP contribution is 2.03. The first-order valence-electron chi connectivity index (χ1n) is 12.0. The van der Waals surface area contributed by atoms with Crippen LogP contribution in [0.1, 0.15) is 64.2 Å². The number of carbonyl (C=O) groups is 6. The Hall–Kier alpha value is -3.34. The average Bonchev–Trinajstić information content (AvgIpc) is 2.81. The third kappa shape index (κ3) is 21.9. The van der Waals surface area contributed by atoms with Crippen LogP contribution >= 0.6 is 0 Å². The first-order chi connectivity index (χ1) is 17.7. The molecule has 0 heterocycles. The van der Waals surface area contributed by atoms with E-state index in [4.69, 9.17) is 42.1 Å². The highest BCUT2D eigenvalue weighted by atomic mass is 16.4. The van der Waals surface area contributed by atoms with E-state index >= 15 is 0 Å². The zero-order valence-corrected chi connectivity index (χ0v) is 21.1. The molecule has 38 heavy (non-hydrogen) atoms. The van der Waals surface area contributed by atoms with Gasteiger partial charge in [-0.3, -0.25) is 28.8 Å². The number of hydrogen-bond donors (Lipinski definition) is 10. The molecule has 0 amide bonds. The summed E-state index contributed by atoms with van der Waals surface area (Å²) in [6.45, 7) is 0.756. The highest BCUT2D eigenvalue weighted by Gasteiger charge is 2.19. The molecule has 4 atom stereocenters. The summed E-state index contributed by atoms with van der Waals surface area (Å²) >= 11 is 0. The number of carboxylic acid groups (broad SMARTS) is 6. The van der Waals surface area contributed by atoms with Gasteiger partial charge in [0, 0.05) is 12.8 Å². The van der Waals surface area contributed by atoms with Crippen LogP contribution < -0.4 is 22.1 Å². The molecule has 4 unspecified atom stereocenters. The molecule has 0 rings (SSSR count). The van der Waals surface area contributed by atoms with E-state index in [1.165, 1.54) is 0 Å². The molecule has 0 aromatic heterocycles. The number of nitrogens with two attached hydrogens (primary N) is 2. The molecule has 0 saturated heterocycles. The van der Waals surface area contributed by atoms with E-state index in [2.05, 4.69) is 10.6 Å². The number of aliphatic carboxylic acids is 6. The maximum atomic E-state index is 10.8. The van der Waals surface area contributed by atoms with Gasteiger partial charge in [0.15, 0.2) is 0 Å². The Balaban J connectivity index is 0. The van der Waals surface area contributed by atoms with E-state index in [1.807, 2.05) is 0 Å². The molecule has 0 bridgehead atoms. The number of unbranched alkanes of at least 4 members (excludes halogenated alkanes) is 2. The zero-order valence-electron chi connectivity index (χ0n) is 21.1. The molecule has 0 aromatic carbocycles. The summed E-state index contributed by atoms with van der Waals surface area (Å²) in [5, 5.41) is 57.2. The molecule has 16 nitrogen and oxygen atoms in total. The molecule has 0 fully saturated rings. The van der Waals surface area contributed by atoms with Crippen LogP contribution in [0.4, 0.5) is 0 Å². The first kappa shape index (κ1) is 36.8. The van der Waals surface area contributed by atoms with E-state index in [-0.39, 0.29) is 25.7 Å². The number of rotatable bonds is 22. The predicted molar refractivity (Wildman–Crippen MR) is 132 cm³/mol. The average molecular weight is 553 g/mol. The van der Waals surface area contributed by atoms with Crippen molar-refractivity contribution in [1.29, 1.82) is 0 Å². The molecule has 0 saturated carbocycles. The molecular weight excluding hydrogens is 512 g/mol. The van der Waals surface area contributed by atoms with Crippen molar-refractivity contribution in [2.75, 3.05) is 13.1 Å². The van der Waals surface area contributed by atoms with E-state index in [0.717, 1.165) is 0 Å². The second-order valence-electron chi connectivity index (χ2n) is 8.44. The minimum absolute atomic E-state index is 0.0132. The van der Waals surface area contributed by atoms with Gasteiger partial charge in [-0.05, 0) is 51.6 Å². The fourth-order valence-electron chi connectivity index (χ4n) is 2.94. The third-order valence-electron chi connectivity index (χ3n) is 5.19.